The molecule has 1 aromatic heterocycles. The van der Waals surface area contributed by atoms with E-state index in [2.05, 4.69) is 15.3 Å². The minimum atomic E-state index is 0.386. The van der Waals surface area contributed by atoms with Crippen LogP contribution < -0.4 is 15.8 Å². The number of aromatic nitrogens is 1. The van der Waals surface area contributed by atoms with Crippen LogP contribution in [-0.2, 0) is 11.3 Å². The zero-order chi connectivity index (χ0) is 12.5. The smallest absolute Gasteiger partial charge is 0.218 e. The van der Waals surface area contributed by atoms with E-state index in [0.717, 1.165) is 5.56 Å². The van der Waals surface area contributed by atoms with E-state index in [0.29, 0.717) is 31.6 Å². The van der Waals surface area contributed by atoms with Crippen LogP contribution in [0.5, 0.6) is 5.88 Å². The Bertz CT molecular complexity index is 368. The fraction of sp³-hybridized carbons (Fsp3) is 0.455. The molecule has 0 radical (unpaired) electrons. The van der Waals surface area contributed by atoms with Gasteiger partial charge in [-0.2, -0.15) is 0 Å². The number of pyridine rings is 1. The fourth-order valence-electron chi connectivity index (χ4n) is 1.18. The molecule has 0 fully saturated rings. The zero-order valence-electron chi connectivity index (χ0n) is 10.1. The van der Waals surface area contributed by atoms with Crippen molar-refractivity contribution in [1.29, 1.82) is 0 Å². The molecule has 0 bridgehead atoms. The molecule has 1 rings (SSSR count). The summed E-state index contributed by atoms with van der Waals surface area (Å²) < 4.78 is 10.4. The second-order valence-electron chi connectivity index (χ2n) is 3.27. The van der Waals surface area contributed by atoms with Gasteiger partial charge in [0, 0.05) is 32.5 Å². The molecule has 17 heavy (non-hydrogen) atoms. The van der Waals surface area contributed by atoms with Crippen molar-refractivity contribution in [2.45, 2.75) is 6.54 Å². The van der Waals surface area contributed by atoms with Gasteiger partial charge in [-0.25, -0.2) is 4.98 Å². The summed E-state index contributed by atoms with van der Waals surface area (Å²) in [4.78, 5) is 7.97. The van der Waals surface area contributed by atoms with Gasteiger partial charge in [0.25, 0.3) is 0 Å². The highest BCUT2D eigenvalue weighted by molar-refractivity contribution is 5.77. The van der Waals surface area contributed by atoms with E-state index >= 15 is 0 Å². The van der Waals surface area contributed by atoms with Crippen molar-refractivity contribution in [2.24, 2.45) is 10.7 Å². The van der Waals surface area contributed by atoms with Gasteiger partial charge < -0.3 is 20.5 Å². The molecule has 1 heterocycles. The zero-order valence-corrected chi connectivity index (χ0v) is 10.1. The average Bonchev–Trinajstić information content (AvgIpc) is 2.37. The number of nitrogens with zero attached hydrogens (tertiary/aromatic N) is 2. The first-order valence-electron chi connectivity index (χ1n) is 5.29. The summed E-state index contributed by atoms with van der Waals surface area (Å²) in [6.07, 6.45) is 1.68. The maximum absolute atomic E-state index is 5.55. The van der Waals surface area contributed by atoms with Crippen LogP contribution in [0, 0.1) is 0 Å². The molecule has 0 aliphatic heterocycles. The standard InChI is InChI=1S/C11H18N4O2/c1-13-11(12)15-8-9-4-3-5-14-10(9)17-7-6-16-2/h3-5H,6-8H2,1-2H3,(H3,12,13,15). The number of ether oxygens (including phenoxy) is 2. The van der Waals surface area contributed by atoms with Crippen LogP contribution in [-0.4, -0.2) is 38.3 Å². The Kier molecular flexibility index (Phi) is 5.81. The van der Waals surface area contributed by atoms with E-state index in [1.54, 1.807) is 20.4 Å². The van der Waals surface area contributed by atoms with E-state index in [9.17, 15) is 0 Å². The number of rotatable bonds is 6. The summed E-state index contributed by atoms with van der Waals surface area (Å²) in [5.41, 5.74) is 6.48. The SMILES string of the molecule is CN=C(N)NCc1cccnc1OCCOC. The molecule has 0 saturated carbocycles. The quantitative estimate of drug-likeness (QED) is 0.418. The summed E-state index contributed by atoms with van der Waals surface area (Å²) in [7, 11) is 3.25. The van der Waals surface area contributed by atoms with Gasteiger partial charge in [0.15, 0.2) is 5.96 Å². The molecule has 0 aromatic carbocycles. The highest BCUT2D eigenvalue weighted by Gasteiger charge is 2.04. The number of aliphatic imine (C=N–C) groups is 1. The lowest BCUT2D eigenvalue weighted by atomic mass is 10.2. The van der Waals surface area contributed by atoms with Gasteiger partial charge in [-0.05, 0) is 6.07 Å². The maximum atomic E-state index is 5.55. The fourth-order valence-corrected chi connectivity index (χ4v) is 1.18. The van der Waals surface area contributed by atoms with Gasteiger partial charge in [0.05, 0.1) is 6.61 Å². The summed E-state index contributed by atoms with van der Waals surface area (Å²) in [5, 5.41) is 2.96. The normalized spacial score (nSPS) is 11.3. The van der Waals surface area contributed by atoms with E-state index < -0.39 is 0 Å². The van der Waals surface area contributed by atoms with Gasteiger partial charge in [0.2, 0.25) is 5.88 Å². The molecule has 1 aromatic rings. The summed E-state index contributed by atoms with van der Waals surface area (Å²) in [5.74, 6) is 0.970. The number of hydrogen-bond donors (Lipinski definition) is 2. The van der Waals surface area contributed by atoms with Crippen molar-refractivity contribution < 1.29 is 9.47 Å². The first-order valence-corrected chi connectivity index (χ1v) is 5.29. The lowest BCUT2D eigenvalue weighted by Gasteiger charge is -2.10. The molecule has 6 heteroatoms. The molecule has 0 atom stereocenters. The monoisotopic (exact) mass is 238 g/mol. The molecule has 0 saturated heterocycles. The molecule has 6 nitrogen and oxygen atoms in total. The second kappa shape index (κ2) is 7.45. The highest BCUT2D eigenvalue weighted by Crippen LogP contribution is 2.13. The molecule has 0 spiro atoms. The minimum absolute atomic E-state index is 0.386. The van der Waals surface area contributed by atoms with Crippen LogP contribution in [0.4, 0.5) is 0 Å². The Morgan fingerprint density at radius 2 is 2.35 bits per heavy atom. The molecular formula is C11H18N4O2. The number of methoxy groups -OCH3 is 1. The van der Waals surface area contributed by atoms with E-state index in [-0.39, 0.29) is 0 Å². The van der Waals surface area contributed by atoms with Gasteiger partial charge in [-0.15, -0.1) is 0 Å². The van der Waals surface area contributed by atoms with Gasteiger partial charge in [-0.1, -0.05) is 6.07 Å². The third-order valence-corrected chi connectivity index (χ3v) is 2.08. The summed E-state index contributed by atoms with van der Waals surface area (Å²) in [6, 6.07) is 3.77. The Balaban J connectivity index is 2.57. The van der Waals surface area contributed by atoms with Crippen molar-refractivity contribution in [1.82, 2.24) is 10.3 Å². The molecule has 0 unspecified atom stereocenters. The van der Waals surface area contributed by atoms with Crippen LogP contribution in [0.2, 0.25) is 0 Å². The molecule has 0 amide bonds. The van der Waals surface area contributed by atoms with E-state index in [4.69, 9.17) is 15.2 Å². The second-order valence-corrected chi connectivity index (χ2v) is 3.27. The predicted octanol–water partition coefficient (Wildman–Crippen LogP) is 0.141. The van der Waals surface area contributed by atoms with Crippen molar-refractivity contribution in [3.8, 4) is 5.88 Å². The Labute approximate surface area is 101 Å². The van der Waals surface area contributed by atoms with Gasteiger partial charge in [0.1, 0.15) is 6.61 Å². The van der Waals surface area contributed by atoms with Crippen LogP contribution in [0.25, 0.3) is 0 Å². The largest absolute Gasteiger partial charge is 0.475 e. The first-order chi connectivity index (χ1) is 8.27. The third kappa shape index (κ3) is 4.69. The van der Waals surface area contributed by atoms with Crippen molar-refractivity contribution in [2.75, 3.05) is 27.4 Å². The van der Waals surface area contributed by atoms with Crippen molar-refractivity contribution >= 4 is 5.96 Å². The number of nitrogens with one attached hydrogen (secondary N) is 1. The Morgan fingerprint density at radius 1 is 1.53 bits per heavy atom. The van der Waals surface area contributed by atoms with Gasteiger partial charge in [-0.3, -0.25) is 4.99 Å². The lowest BCUT2D eigenvalue weighted by Crippen LogP contribution is -2.31. The Morgan fingerprint density at radius 3 is 3.06 bits per heavy atom. The summed E-state index contributed by atoms with van der Waals surface area (Å²) in [6.45, 7) is 1.53. The third-order valence-electron chi connectivity index (χ3n) is 2.08. The maximum Gasteiger partial charge on any atom is 0.218 e. The number of guanidine groups is 1. The van der Waals surface area contributed by atoms with Crippen LogP contribution in [0.3, 0.4) is 0 Å². The lowest BCUT2D eigenvalue weighted by molar-refractivity contribution is 0.143. The van der Waals surface area contributed by atoms with Crippen LogP contribution >= 0.6 is 0 Å². The predicted molar refractivity (Wildman–Crippen MR) is 66.0 cm³/mol. The number of hydrogen-bond acceptors (Lipinski definition) is 4. The van der Waals surface area contributed by atoms with E-state index in [1.807, 2.05) is 12.1 Å². The number of nitrogens with two attached hydrogens (primary N) is 1. The molecule has 94 valence electrons. The average molecular weight is 238 g/mol. The van der Waals surface area contributed by atoms with Crippen molar-refractivity contribution in [3.63, 3.8) is 0 Å². The molecule has 0 aliphatic carbocycles. The highest BCUT2D eigenvalue weighted by atomic mass is 16.5. The van der Waals surface area contributed by atoms with Crippen molar-refractivity contribution in [3.05, 3.63) is 23.9 Å². The van der Waals surface area contributed by atoms with E-state index in [1.165, 1.54) is 0 Å². The first kappa shape index (κ1) is 13.2. The molecule has 3 N–H and O–H groups in total. The van der Waals surface area contributed by atoms with Crippen LogP contribution in [0.1, 0.15) is 5.56 Å². The van der Waals surface area contributed by atoms with Gasteiger partial charge >= 0.3 is 0 Å². The topological polar surface area (TPSA) is 81.8 Å². The van der Waals surface area contributed by atoms with Crippen LogP contribution in [0.15, 0.2) is 23.3 Å². The minimum Gasteiger partial charge on any atom is -0.475 e. The summed E-state index contributed by atoms with van der Waals surface area (Å²) >= 11 is 0. The molecule has 0 aliphatic rings. The Hall–Kier alpha value is -1.82. The molecular weight excluding hydrogens is 220 g/mol.